The molecule has 0 atom stereocenters. The highest BCUT2D eigenvalue weighted by Crippen LogP contribution is 2.27. The van der Waals surface area contributed by atoms with E-state index in [2.05, 4.69) is 17.6 Å². The molecular weight excluding hydrogens is 212 g/mol. The minimum atomic E-state index is 0.139. The first-order valence-corrected chi connectivity index (χ1v) is 6.84. The summed E-state index contributed by atoms with van der Waals surface area (Å²) in [7, 11) is 0. The van der Waals surface area contributed by atoms with E-state index in [1.807, 2.05) is 6.92 Å². The van der Waals surface area contributed by atoms with Crippen LogP contribution in [0.4, 0.5) is 0 Å². The molecule has 1 saturated carbocycles. The molecule has 2 aliphatic rings. The van der Waals surface area contributed by atoms with Crippen LogP contribution in [0.1, 0.15) is 39.5 Å². The zero-order valence-corrected chi connectivity index (χ0v) is 11.0. The fraction of sp³-hybridized carbons (Fsp3) is 0.786. The molecule has 1 amide bonds. The lowest BCUT2D eigenvalue weighted by atomic mass is 9.83. The number of carbonyl (C=O) groups excluding carboxylic acids is 1. The van der Waals surface area contributed by atoms with E-state index >= 15 is 0 Å². The number of carbonyl (C=O) groups is 1. The molecule has 3 heteroatoms. The van der Waals surface area contributed by atoms with E-state index in [4.69, 9.17) is 0 Å². The van der Waals surface area contributed by atoms with Crippen molar-refractivity contribution in [3.63, 3.8) is 0 Å². The van der Waals surface area contributed by atoms with Crippen LogP contribution >= 0.6 is 0 Å². The van der Waals surface area contributed by atoms with Crippen molar-refractivity contribution in [3.05, 3.63) is 11.1 Å². The monoisotopic (exact) mass is 236 g/mol. The van der Waals surface area contributed by atoms with Crippen molar-refractivity contribution in [3.8, 4) is 0 Å². The molecule has 0 aromatic heterocycles. The predicted octanol–water partition coefficient (Wildman–Crippen LogP) is 1.85. The minimum absolute atomic E-state index is 0.139. The lowest BCUT2D eigenvalue weighted by Crippen LogP contribution is -2.38. The van der Waals surface area contributed by atoms with Crippen LogP contribution in [0.25, 0.3) is 0 Å². The summed E-state index contributed by atoms with van der Waals surface area (Å²) in [5, 5.41) is 6.26. The van der Waals surface area contributed by atoms with Gasteiger partial charge in [-0.2, -0.15) is 0 Å². The van der Waals surface area contributed by atoms with Crippen molar-refractivity contribution in [2.24, 2.45) is 11.8 Å². The van der Waals surface area contributed by atoms with E-state index in [1.165, 1.54) is 31.3 Å². The van der Waals surface area contributed by atoms with E-state index in [1.54, 1.807) is 0 Å². The summed E-state index contributed by atoms with van der Waals surface area (Å²) in [4.78, 5) is 11.9. The third-order valence-electron chi connectivity index (χ3n) is 4.23. The second kappa shape index (κ2) is 5.67. The van der Waals surface area contributed by atoms with Gasteiger partial charge in [-0.1, -0.05) is 19.8 Å². The molecule has 0 radical (unpaired) electrons. The van der Waals surface area contributed by atoms with Gasteiger partial charge in [0.15, 0.2) is 0 Å². The van der Waals surface area contributed by atoms with E-state index in [9.17, 15) is 4.79 Å². The Morgan fingerprint density at radius 3 is 2.47 bits per heavy atom. The van der Waals surface area contributed by atoms with Crippen molar-refractivity contribution < 1.29 is 4.79 Å². The van der Waals surface area contributed by atoms with Gasteiger partial charge in [-0.3, -0.25) is 4.79 Å². The third kappa shape index (κ3) is 3.32. The zero-order valence-electron chi connectivity index (χ0n) is 11.0. The summed E-state index contributed by atoms with van der Waals surface area (Å²) < 4.78 is 0. The molecule has 1 aliphatic heterocycles. The smallest absolute Gasteiger partial charge is 0.246 e. The minimum Gasteiger partial charge on any atom is -0.352 e. The van der Waals surface area contributed by atoms with Gasteiger partial charge in [-0.15, -0.1) is 0 Å². The molecule has 0 aromatic carbocycles. The average Bonchev–Trinajstić information content (AvgIpc) is 2.25. The summed E-state index contributed by atoms with van der Waals surface area (Å²) in [5.74, 6) is 1.72. The third-order valence-corrected chi connectivity index (χ3v) is 4.23. The average molecular weight is 236 g/mol. The first-order valence-electron chi connectivity index (χ1n) is 6.84. The Bertz CT molecular complexity index is 308. The van der Waals surface area contributed by atoms with Crippen LogP contribution in [-0.4, -0.2) is 25.5 Å². The summed E-state index contributed by atoms with van der Waals surface area (Å²) in [6, 6.07) is 0. The molecular formula is C14H24N2O. The Kier molecular flexibility index (Phi) is 4.21. The molecule has 3 nitrogen and oxygen atoms in total. The van der Waals surface area contributed by atoms with Gasteiger partial charge in [0.25, 0.3) is 0 Å². The Morgan fingerprint density at radius 1 is 1.29 bits per heavy atom. The quantitative estimate of drug-likeness (QED) is 0.734. The fourth-order valence-electron chi connectivity index (χ4n) is 2.58. The maximum atomic E-state index is 11.9. The molecule has 2 N–H and O–H groups in total. The molecule has 1 saturated heterocycles. The van der Waals surface area contributed by atoms with Gasteiger partial charge in [0.2, 0.25) is 5.91 Å². The molecule has 0 unspecified atom stereocenters. The van der Waals surface area contributed by atoms with Crippen molar-refractivity contribution in [1.82, 2.24) is 10.6 Å². The Hall–Kier alpha value is -0.830. The number of amides is 1. The second-order valence-corrected chi connectivity index (χ2v) is 5.67. The highest BCUT2D eigenvalue weighted by molar-refractivity contribution is 5.93. The van der Waals surface area contributed by atoms with Gasteiger partial charge >= 0.3 is 0 Å². The van der Waals surface area contributed by atoms with E-state index in [0.717, 1.165) is 31.1 Å². The molecule has 0 aromatic rings. The number of rotatable bonds is 3. The van der Waals surface area contributed by atoms with Gasteiger partial charge in [-0.25, -0.2) is 0 Å². The maximum absolute atomic E-state index is 11.9. The maximum Gasteiger partial charge on any atom is 0.246 e. The van der Waals surface area contributed by atoms with Crippen molar-refractivity contribution in [1.29, 1.82) is 0 Å². The second-order valence-electron chi connectivity index (χ2n) is 5.67. The molecule has 0 bridgehead atoms. The lowest BCUT2D eigenvalue weighted by molar-refractivity contribution is -0.117. The largest absolute Gasteiger partial charge is 0.352 e. The molecule has 1 heterocycles. The Balaban J connectivity index is 1.73. The molecule has 17 heavy (non-hydrogen) atoms. The first kappa shape index (κ1) is 12.6. The summed E-state index contributed by atoms with van der Waals surface area (Å²) in [5.41, 5.74) is 2.19. The van der Waals surface area contributed by atoms with Crippen LogP contribution in [0, 0.1) is 11.8 Å². The summed E-state index contributed by atoms with van der Waals surface area (Å²) in [6.07, 6.45) is 5.20. The van der Waals surface area contributed by atoms with Crippen LogP contribution in [0.5, 0.6) is 0 Å². The highest BCUT2D eigenvalue weighted by Gasteiger charge is 2.20. The van der Waals surface area contributed by atoms with Crippen LogP contribution in [0.3, 0.4) is 0 Å². The van der Waals surface area contributed by atoms with Crippen LogP contribution in [0.2, 0.25) is 0 Å². The molecule has 0 spiro atoms. The van der Waals surface area contributed by atoms with Crippen molar-refractivity contribution >= 4 is 5.91 Å². The van der Waals surface area contributed by atoms with E-state index in [0.29, 0.717) is 5.92 Å². The predicted molar refractivity (Wildman–Crippen MR) is 69.7 cm³/mol. The van der Waals surface area contributed by atoms with E-state index < -0.39 is 0 Å². The van der Waals surface area contributed by atoms with Gasteiger partial charge in [0, 0.05) is 25.2 Å². The SMILES string of the molecule is CC(C(=O)NCC1CCC(C)CC1)=C1CNC1. The van der Waals surface area contributed by atoms with Gasteiger partial charge in [0.1, 0.15) is 0 Å². The van der Waals surface area contributed by atoms with Crippen LogP contribution in [-0.2, 0) is 4.79 Å². The van der Waals surface area contributed by atoms with Gasteiger partial charge < -0.3 is 10.6 Å². The molecule has 2 rings (SSSR count). The molecule has 1 aliphatic carbocycles. The number of hydrogen-bond acceptors (Lipinski definition) is 2. The summed E-state index contributed by atoms with van der Waals surface area (Å²) >= 11 is 0. The van der Waals surface area contributed by atoms with Gasteiger partial charge in [0.05, 0.1) is 0 Å². The van der Waals surface area contributed by atoms with Gasteiger partial charge in [-0.05, 0) is 37.2 Å². The molecule has 96 valence electrons. The van der Waals surface area contributed by atoms with Crippen molar-refractivity contribution in [2.45, 2.75) is 39.5 Å². The van der Waals surface area contributed by atoms with Crippen LogP contribution in [0.15, 0.2) is 11.1 Å². The number of hydrogen-bond donors (Lipinski definition) is 2. The van der Waals surface area contributed by atoms with Crippen molar-refractivity contribution in [2.75, 3.05) is 19.6 Å². The summed E-state index contributed by atoms with van der Waals surface area (Å²) in [6.45, 7) is 6.91. The lowest BCUT2D eigenvalue weighted by Gasteiger charge is -2.27. The zero-order chi connectivity index (χ0) is 12.3. The fourth-order valence-corrected chi connectivity index (χ4v) is 2.58. The molecule has 2 fully saturated rings. The van der Waals surface area contributed by atoms with Crippen LogP contribution < -0.4 is 10.6 Å². The highest BCUT2D eigenvalue weighted by atomic mass is 16.1. The number of nitrogens with one attached hydrogen (secondary N) is 2. The Labute approximate surface area is 104 Å². The Morgan fingerprint density at radius 2 is 1.94 bits per heavy atom. The standard InChI is InChI=1S/C14H24N2O/c1-10-3-5-12(6-4-10)7-16-14(17)11(2)13-8-15-9-13/h10,12,15H,3-9H2,1-2H3,(H,16,17). The van der Waals surface area contributed by atoms with E-state index in [-0.39, 0.29) is 5.91 Å². The topological polar surface area (TPSA) is 41.1 Å². The first-order chi connectivity index (χ1) is 8.16. The normalized spacial score (nSPS) is 28.5.